The largest absolute Gasteiger partial charge is 0.497 e. The van der Waals surface area contributed by atoms with Crippen molar-refractivity contribution in [1.82, 2.24) is 20.2 Å². The number of ether oxygens (including phenoxy) is 2. The molecule has 0 amide bonds. The van der Waals surface area contributed by atoms with Gasteiger partial charge in [-0.25, -0.2) is 4.79 Å². The summed E-state index contributed by atoms with van der Waals surface area (Å²) in [5, 5.41) is 13.6. The number of carbonyl (C=O) groups is 1. The highest BCUT2D eigenvalue weighted by molar-refractivity contribution is 5.90. The molecule has 1 aromatic heterocycles. The van der Waals surface area contributed by atoms with Crippen molar-refractivity contribution < 1.29 is 14.3 Å². The van der Waals surface area contributed by atoms with Crippen LogP contribution in [0.15, 0.2) is 72.8 Å². The first-order valence-corrected chi connectivity index (χ1v) is 8.98. The van der Waals surface area contributed by atoms with E-state index in [-0.39, 0.29) is 6.61 Å². The SMILES string of the molecule is COc1ccc2cc(/C=C/C(=O)OCc3nnnn3-c3ccccc3)ccc2c1. The zero-order valence-corrected chi connectivity index (χ0v) is 15.7. The minimum Gasteiger partial charge on any atom is -0.497 e. The first kappa shape index (κ1) is 18.4. The molecular formula is C22H18N4O3. The third-order valence-corrected chi connectivity index (χ3v) is 4.36. The lowest BCUT2D eigenvalue weighted by molar-refractivity contribution is -0.139. The number of hydrogen-bond donors (Lipinski definition) is 0. The molecule has 144 valence electrons. The van der Waals surface area contributed by atoms with Crippen molar-refractivity contribution in [3.8, 4) is 11.4 Å². The molecule has 0 aliphatic carbocycles. The van der Waals surface area contributed by atoms with Crippen LogP contribution in [0.2, 0.25) is 0 Å². The number of tetrazole rings is 1. The topological polar surface area (TPSA) is 79.1 Å². The minimum atomic E-state index is -0.470. The van der Waals surface area contributed by atoms with Crippen LogP contribution in [0, 0.1) is 0 Å². The fourth-order valence-corrected chi connectivity index (χ4v) is 2.89. The van der Waals surface area contributed by atoms with Gasteiger partial charge >= 0.3 is 5.97 Å². The average molecular weight is 386 g/mol. The Kier molecular flexibility index (Phi) is 5.29. The van der Waals surface area contributed by atoms with Crippen LogP contribution in [0.25, 0.3) is 22.5 Å². The third-order valence-electron chi connectivity index (χ3n) is 4.36. The van der Waals surface area contributed by atoms with Gasteiger partial charge in [0, 0.05) is 6.08 Å². The molecule has 0 radical (unpaired) electrons. The zero-order chi connectivity index (χ0) is 20.1. The Morgan fingerprint density at radius 1 is 1.03 bits per heavy atom. The van der Waals surface area contributed by atoms with Crippen LogP contribution in [0.5, 0.6) is 5.75 Å². The lowest BCUT2D eigenvalue weighted by Crippen LogP contribution is -2.08. The lowest BCUT2D eigenvalue weighted by atomic mass is 10.1. The minimum absolute atomic E-state index is 0.0252. The number of methoxy groups -OCH3 is 1. The van der Waals surface area contributed by atoms with Crippen molar-refractivity contribution in [3.63, 3.8) is 0 Å². The predicted molar refractivity (Wildman–Crippen MR) is 108 cm³/mol. The van der Waals surface area contributed by atoms with Crippen LogP contribution in [0.1, 0.15) is 11.4 Å². The number of hydrogen-bond acceptors (Lipinski definition) is 6. The summed E-state index contributed by atoms with van der Waals surface area (Å²) < 4.78 is 12.1. The van der Waals surface area contributed by atoms with E-state index in [2.05, 4.69) is 15.5 Å². The third kappa shape index (κ3) is 4.30. The van der Waals surface area contributed by atoms with E-state index in [1.165, 1.54) is 10.8 Å². The Bertz CT molecular complexity index is 1170. The highest BCUT2D eigenvalue weighted by atomic mass is 16.5. The summed E-state index contributed by atoms with van der Waals surface area (Å²) in [5.74, 6) is 0.780. The van der Waals surface area contributed by atoms with E-state index >= 15 is 0 Å². The van der Waals surface area contributed by atoms with Crippen molar-refractivity contribution in [1.29, 1.82) is 0 Å². The number of aromatic nitrogens is 4. The van der Waals surface area contributed by atoms with E-state index in [1.54, 1.807) is 13.2 Å². The van der Waals surface area contributed by atoms with Crippen molar-refractivity contribution in [3.05, 3.63) is 84.2 Å². The molecule has 0 spiro atoms. The summed E-state index contributed by atoms with van der Waals surface area (Å²) in [6.07, 6.45) is 3.10. The summed E-state index contributed by atoms with van der Waals surface area (Å²) in [6, 6.07) is 21.2. The second kappa shape index (κ2) is 8.35. The highest BCUT2D eigenvalue weighted by Gasteiger charge is 2.10. The van der Waals surface area contributed by atoms with Crippen molar-refractivity contribution in [2.45, 2.75) is 6.61 Å². The van der Waals surface area contributed by atoms with Crippen molar-refractivity contribution >= 4 is 22.8 Å². The number of para-hydroxylation sites is 1. The summed E-state index contributed by atoms with van der Waals surface area (Å²) in [7, 11) is 1.64. The monoisotopic (exact) mass is 386 g/mol. The second-order valence-corrected chi connectivity index (χ2v) is 6.26. The maximum Gasteiger partial charge on any atom is 0.331 e. The van der Waals surface area contributed by atoms with E-state index in [1.807, 2.05) is 66.7 Å². The number of esters is 1. The molecule has 4 rings (SSSR count). The van der Waals surface area contributed by atoms with Gasteiger partial charge in [0.15, 0.2) is 12.4 Å². The smallest absolute Gasteiger partial charge is 0.331 e. The molecule has 0 saturated heterocycles. The first-order valence-electron chi connectivity index (χ1n) is 8.98. The van der Waals surface area contributed by atoms with E-state index < -0.39 is 5.97 Å². The molecule has 7 nitrogen and oxygen atoms in total. The molecule has 0 saturated carbocycles. The number of rotatable bonds is 6. The number of nitrogens with zero attached hydrogens (tertiary/aromatic N) is 4. The average Bonchev–Trinajstić information content (AvgIpc) is 3.25. The maximum absolute atomic E-state index is 12.1. The van der Waals surface area contributed by atoms with Gasteiger partial charge in [0.05, 0.1) is 12.8 Å². The molecule has 1 heterocycles. The van der Waals surface area contributed by atoms with Gasteiger partial charge < -0.3 is 9.47 Å². The van der Waals surface area contributed by atoms with Gasteiger partial charge in [-0.3, -0.25) is 0 Å². The van der Waals surface area contributed by atoms with Gasteiger partial charge in [-0.1, -0.05) is 36.4 Å². The van der Waals surface area contributed by atoms with Gasteiger partial charge in [-0.15, -0.1) is 5.10 Å². The molecular weight excluding hydrogens is 368 g/mol. The molecule has 0 atom stereocenters. The molecule has 4 aromatic rings. The molecule has 0 aliphatic heterocycles. The van der Waals surface area contributed by atoms with Crippen LogP contribution in [0.3, 0.4) is 0 Å². The Morgan fingerprint density at radius 2 is 1.83 bits per heavy atom. The summed E-state index contributed by atoms with van der Waals surface area (Å²) in [4.78, 5) is 12.1. The standard InChI is InChI=1S/C22H18N4O3/c1-28-20-11-10-17-13-16(7-9-18(17)14-20)8-12-22(27)29-15-21-23-24-25-26(21)19-5-3-2-4-6-19/h2-14H,15H2,1H3/b12-8+. The van der Waals surface area contributed by atoms with Gasteiger partial charge in [0.25, 0.3) is 0 Å². The van der Waals surface area contributed by atoms with Crippen LogP contribution in [0.4, 0.5) is 0 Å². The second-order valence-electron chi connectivity index (χ2n) is 6.26. The van der Waals surface area contributed by atoms with Crippen LogP contribution in [-0.4, -0.2) is 33.3 Å². The zero-order valence-electron chi connectivity index (χ0n) is 15.7. The lowest BCUT2D eigenvalue weighted by Gasteiger charge is -2.05. The number of carbonyl (C=O) groups excluding carboxylic acids is 1. The van der Waals surface area contributed by atoms with E-state index in [4.69, 9.17) is 9.47 Å². The molecule has 0 fully saturated rings. The Hall–Kier alpha value is -4.00. The van der Waals surface area contributed by atoms with Crippen LogP contribution in [-0.2, 0) is 16.1 Å². The molecule has 3 aromatic carbocycles. The Balaban J connectivity index is 1.41. The van der Waals surface area contributed by atoms with Gasteiger partial charge in [0.1, 0.15) is 5.75 Å². The molecule has 0 N–H and O–H groups in total. The van der Waals surface area contributed by atoms with Crippen LogP contribution < -0.4 is 4.74 Å². The fraction of sp³-hybridized carbons (Fsp3) is 0.0909. The Labute approximate surface area is 167 Å². The van der Waals surface area contributed by atoms with Gasteiger partial charge in [0.2, 0.25) is 0 Å². The molecule has 0 bridgehead atoms. The van der Waals surface area contributed by atoms with E-state index in [0.29, 0.717) is 5.82 Å². The molecule has 29 heavy (non-hydrogen) atoms. The quantitative estimate of drug-likeness (QED) is 0.372. The number of benzene rings is 3. The maximum atomic E-state index is 12.1. The van der Waals surface area contributed by atoms with Crippen LogP contribution >= 0.6 is 0 Å². The Morgan fingerprint density at radius 3 is 2.66 bits per heavy atom. The normalized spacial score (nSPS) is 11.1. The first-order chi connectivity index (χ1) is 14.2. The predicted octanol–water partition coefficient (Wildman–Crippen LogP) is 3.58. The van der Waals surface area contributed by atoms with E-state index in [0.717, 1.165) is 27.8 Å². The number of fused-ring (bicyclic) bond motifs is 1. The van der Waals surface area contributed by atoms with E-state index in [9.17, 15) is 4.79 Å². The van der Waals surface area contributed by atoms with Gasteiger partial charge in [-0.05, 0) is 63.2 Å². The summed E-state index contributed by atoms with van der Waals surface area (Å²) >= 11 is 0. The summed E-state index contributed by atoms with van der Waals surface area (Å²) in [6.45, 7) is -0.0252. The fourth-order valence-electron chi connectivity index (χ4n) is 2.89. The molecule has 0 aliphatic rings. The van der Waals surface area contributed by atoms with Crippen molar-refractivity contribution in [2.75, 3.05) is 7.11 Å². The van der Waals surface area contributed by atoms with Gasteiger partial charge in [-0.2, -0.15) is 4.68 Å². The highest BCUT2D eigenvalue weighted by Crippen LogP contribution is 2.22. The summed E-state index contributed by atoms with van der Waals surface area (Å²) in [5.41, 5.74) is 1.70. The molecule has 0 unspecified atom stereocenters. The molecule has 7 heteroatoms. The van der Waals surface area contributed by atoms with Crippen molar-refractivity contribution in [2.24, 2.45) is 0 Å².